The summed E-state index contributed by atoms with van der Waals surface area (Å²) in [5.41, 5.74) is 1.51. The Morgan fingerprint density at radius 2 is 2.06 bits per heavy atom. The number of rotatable bonds is 6. The van der Waals surface area contributed by atoms with Crippen molar-refractivity contribution in [1.29, 1.82) is 0 Å². The minimum absolute atomic E-state index is 0.345. The summed E-state index contributed by atoms with van der Waals surface area (Å²) in [5.74, 6) is 0.955. The second-order valence-corrected chi connectivity index (χ2v) is 5.77. The van der Waals surface area contributed by atoms with Gasteiger partial charge in [0.05, 0.1) is 13.2 Å². The minimum atomic E-state index is 0.345. The molecule has 2 nitrogen and oxygen atoms in total. The first kappa shape index (κ1) is 13.9. The van der Waals surface area contributed by atoms with E-state index in [2.05, 4.69) is 28.1 Å². The molecule has 1 aliphatic rings. The van der Waals surface area contributed by atoms with Crippen LogP contribution in [0.4, 0.5) is 0 Å². The first-order valence-corrected chi connectivity index (χ1v) is 7.67. The van der Waals surface area contributed by atoms with Gasteiger partial charge in [0.2, 0.25) is 0 Å². The second-order valence-electron chi connectivity index (χ2n) is 5.21. The maximum atomic E-state index is 5.99. The van der Waals surface area contributed by atoms with Gasteiger partial charge in [0.1, 0.15) is 5.75 Å². The Balaban J connectivity index is 1.94. The van der Waals surface area contributed by atoms with Gasteiger partial charge in [0, 0.05) is 17.9 Å². The molecule has 1 aromatic rings. The minimum Gasteiger partial charge on any atom is -0.493 e. The highest BCUT2D eigenvalue weighted by atomic mass is 79.9. The zero-order valence-electron chi connectivity index (χ0n) is 11.0. The Morgan fingerprint density at radius 3 is 2.72 bits per heavy atom. The lowest BCUT2D eigenvalue weighted by atomic mass is 9.90. The van der Waals surface area contributed by atoms with Gasteiger partial charge in [-0.1, -0.05) is 40.9 Å². The van der Waals surface area contributed by atoms with Crippen LogP contribution in [0.1, 0.15) is 31.2 Å². The van der Waals surface area contributed by atoms with Crippen LogP contribution in [0.25, 0.3) is 0 Å². The van der Waals surface area contributed by atoms with Gasteiger partial charge in [-0.05, 0) is 30.5 Å². The lowest BCUT2D eigenvalue weighted by molar-refractivity contribution is 0.171. The van der Waals surface area contributed by atoms with Gasteiger partial charge in [0.15, 0.2) is 0 Å². The van der Waals surface area contributed by atoms with E-state index in [1.165, 1.54) is 25.7 Å². The molecule has 0 aromatic heterocycles. The summed E-state index contributed by atoms with van der Waals surface area (Å²) in [5, 5.41) is 1.04. The first-order valence-electron chi connectivity index (χ1n) is 6.55. The lowest BCUT2D eigenvalue weighted by Gasteiger charge is -2.26. The SMILES string of the molecule is COCc1cccc(OCC2(CBr)CCCC2)c1. The van der Waals surface area contributed by atoms with Crippen molar-refractivity contribution >= 4 is 15.9 Å². The Kier molecular flexibility index (Phi) is 5.07. The molecule has 3 heteroatoms. The number of hydrogen-bond donors (Lipinski definition) is 0. The third-order valence-electron chi connectivity index (χ3n) is 3.70. The van der Waals surface area contributed by atoms with Crippen LogP contribution in [-0.2, 0) is 11.3 Å². The van der Waals surface area contributed by atoms with Crippen LogP contribution in [0.15, 0.2) is 24.3 Å². The number of methoxy groups -OCH3 is 1. The van der Waals surface area contributed by atoms with Crippen molar-refractivity contribution in [1.82, 2.24) is 0 Å². The molecule has 1 fully saturated rings. The molecule has 0 heterocycles. The number of ether oxygens (including phenoxy) is 2. The molecular formula is C15H21BrO2. The van der Waals surface area contributed by atoms with Crippen molar-refractivity contribution < 1.29 is 9.47 Å². The van der Waals surface area contributed by atoms with Crippen molar-refractivity contribution in [3.05, 3.63) is 29.8 Å². The highest BCUT2D eigenvalue weighted by molar-refractivity contribution is 9.09. The highest BCUT2D eigenvalue weighted by Crippen LogP contribution is 2.40. The predicted molar refractivity (Wildman–Crippen MR) is 77.3 cm³/mol. The Morgan fingerprint density at radius 1 is 1.28 bits per heavy atom. The van der Waals surface area contributed by atoms with Gasteiger partial charge in [0.25, 0.3) is 0 Å². The van der Waals surface area contributed by atoms with E-state index < -0.39 is 0 Å². The molecule has 1 aliphatic carbocycles. The molecule has 0 amide bonds. The molecule has 0 spiro atoms. The fourth-order valence-electron chi connectivity index (χ4n) is 2.57. The molecular weight excluding hydrogens is 292 g/mol. The third-order valence-corrected chi connectivity index (χ3v) is 4.89. The van der Waals surface area contributed by atoms with Gasteiger partial charge in [-0.25, -0.2) is 0 Å². The van der Waals surface area contributed by atoms with Gasteiger partial charge in [-0.15, -0.1) is 0 Å². The van der Waals surface area contributed by atoms with Gasteiger partial charge >= 0.3 is 0 Å². The average molecular weight is 313 g/mol. The third kappa shape index (κ3) is 3.48. The van der Waals surface area contributed by atoms with E-state index in [0.29, 0.717) is 12.0 Å². The smallest absolute Gasteiger partial charge is 0.119 e. The van der Waals surface area contributed by atoms with Crippen LogP contribution in [0.3, 0.4) is 0 Å². The molecule has 0 saturated heterocycles. The van der Waals surface area contributed by atoms with Crippen molar-refractivity contribution in [2.75, 3.05) is 19.0 Å². The molecule has 0 bridgehead atoms. The van der Waals surface area contributed by atoms with Crippen molar-refractivity contribution in [2.24, 2.45) is 5.41 Å². The number of hydrogen-bond acceptors (Lipinski definition) is 2. The topological polar surface area (TPSA) is 18.5 Å². The fourth-order valence-corrected chi connectivity index (χ4v) is 3.29. The average Bonchev–Trinajstić information content (AvgIpc) is 2.87. The van der Waals surface area contributed by atoms with Crippen molar-refractivity contribution in [2.45, 2.75) is 32.3 Å². The Bertz CT molecular complexity index is 373. The van der Waals surface area contributed by atoms with E-state index in [1.54, 1.807) is 7.11 Å². The maximum absolute atomic E-state index is 5.99. The molecule has 2 rings (SSSR count). The zero-order chi connectivity index (χ0) is 12.8. The number of halogens is 1. The molecule has 0 atom stereocenters. The van der Waals surface area contributed by atoms with Gasteiger partial charge in [-0.3, -0.25) is 0 Å². The number of alkyl halides is 1. The summed E-state index contributed by atoms with van der Waals surface area (Å²) >= 11 is 3.65. The molecule has 18 heavy (non-hydrogen) atoms. The van der Waals surface area contributed by atoms with E-state index in [0.717, 1.165) is 23.2 Å². The quantitative estimate of drug-likeness (QED) is 0.734. The van der Waals surface area contributed by atoms with Crippen LogP contribution in [0.2, 0.25) is 0 Å². The molecule has 100 valence electrons. The molecule has 0 unspecified atom stereocenters. The first-order chi connectivity index (χ1) is 8.78. The maximum Gasteiger partial charge on any atom is 0.119 e. The number of benzene rings is 1. The Labute approximate surface area is 118 Å². The second kappa shape index (κ2) is 6.58. The largest absolute Gasteiger partial charge is 0.493 e. The van der Waals surface area contributed by atoms with Crippen LogP contribution in [-0.4, -0.2) is 19.0 Å². The standard InChI is InChI=1S/C15H21BrO2/c1-17-10-13-5-4-6-14(9-13)18-12-15(11-16)7-2-3-8-15/h4-6,9H,2-3,7-8,10-12H2,1H3. The van der Waals surface area contributed by atoms with Crippen LogP contribution >= 0.6 is 15.9 Å². The van der Waals surface area contributed by atoms with Gasteiger partial charge < -0.3 is 9.47 Å². The van der Waals surface area contributed by atoms with E-state index >= 15 is 0 Å². The summed E-state index contributed by atoms with van der Waals surface area (Å²) in [6, 6.07) is 8.18. The van der Waals surface area contributed by atoms with E-state index in [9.17, 15) is 0 Å². The van der Waals surface area contributed by atoms with E-state index in [-0.39, 0.29) is 0 Å². The fraction of sp³-hybridized carbons (Fsp3) is 0.600. The van der Waals surface area contributed by atoms with Crippen LogP contribution in [0.5, 0.6) is 5.75 Å². The highest BCUT2D eigenvalue weighted by Gasteiger charge is 2.33. The van der Waals surface area contributed by atoms with Crippen LogP contribution < -0.4 is 4.74 Å². The predicted octanol–water partition coefficient (Wildman–Crippen LogP) is 4.17. The normalized spacial score (nSPS) is 17.9. The lowest BCUT2D eigenvalue weighted by Crippen LogP contribution is -2.27. The molecule has 0 aliphatic heterocycles. The van der Waals surface area contributed by atoms with Crippen molar-refractivity contribution in [3.63, 3.8) is 0 Å². The summed E-state index contributed by atoms with van der Waals surface area (Å²) < 4.78 is 11.1. The summed E-state index contributed by atoms with van der Waals surface area (Å²) in [4.78, 5) is 0. The monoisotopic (exact) mass is 312 g/mol. The summed E-state index contributed by atoms with van der Waals surface area (Å²) in [6.45, 7) is 1.45. The van der Waals surface area contributed by atoms with Crippen LogP contribution in [0, 0.1) is 5.41 Å². The van der Waals surface area contributed by atoms with Crippen molar-refractivity contribution in [3.8, 4) is 5.75 Å². The summed E-state index contributed by atoms with van der Waals surface area (Å²) in [6.07, 6.45) is 5.21. The molecule has 1 aromatic carbocycles. The van der Waals surface area contributed by atoms with E-state index in [1.807, 2.05) is 12.1 Å². The zero-order valence-corrected chi connectivity index (χ0v) is 12.5. The molecule has 1 saturated carbocycles. The molecule has 0 N–H and O–H groups in total. The van der Waals surface area contributed by atoms with E-state index in [4.69, 9.17) is 9.47 Å². The van der Waals surface area contributed by atoms with Gasteiger partial charge in [-0.2, -0.15) is 0 Å². The molecule has 0 radical (unpaired) electrons. The Hall–Kier alpha value is -0.540. The summed E-state index contributed by atoms with van der Waals surface area (Å²) in [7, 11) is 1.71.